The summed E-state index contributed by atoms with van der Waals surface area (Å²) < 4.78 is 4.98. The number of hydrogen-bond acceptors (Lipinski definition) is 4. The first-order chi connectivity index (χ1) is 9.58. The topological polar surface area (TPSA) is 66.7 Å². The van der Waals surface area contributed by atoms with Crippen molar-refractivity contribution in [1.82, 2.24) is 10.1 Å². The molecule has 0 bridgehead atoms. The molecule has 0 unspecified atom stereocenters. The average molecular weight is 279 g/mol. The number of amides is 2. The maximum atomic E-state index is 12.1. The number of aryl methyl sites for hydroxylation is 1. The van der Waals surface area contributed by atoms with Gasteiger partial charge in [-0.25, -0.2) is 0 Å². The summed E-state index contributed by atoms with van der Waals surface area (Å²) in [6.07, 6.45) is 3.67. The molecule has 110 valence electrons. The first kappa shape index (κ1) is 14.6. The molecular weight excluding hydrogens is 258 g/mol. The molecule has 0 spiro atoms. The van der Waals surface area contributed by atoms with Gasteiger partial charge in [-0.15, -0.1) is 0 Å². The van der Waals surface area contributed by atoms with Crippen LogP contribution in [-0.4, -0.2) is 41.5 Å². The third-order valence-electron chi connectivity index (χ3n) is 3.53. The summed E-state index contributed by atoms with van der Waals surface area (Å²) in [5.74, 6) is 1.09. The molecule has 1 aliphatic heterocycles. The molecule has 0 N–H and O–H groups in total. The Labute approximate surface area is 118 Å². The molecule has 2 rings (SSSR count). The smallest absolute Gasteiger partial charge is 0.225 e. The summed E-state index contributed by atoms with van der Waals surface area (Å²) >= 11 is 0. The molecule has 0 atom stereocenters. The zero-order chi connectivity index (χ0) is 14.5. The third-order valence-corrected chi connectivity index (χ3v) is 3.53. The fourth-order valence-corrected chi connectivity index (χ4v) is 2.42. The van der Waals surface area contributed by atoms with E-state index in [0.29, 0.717) is 24.5 Å². The summed E-state index contributed by atoms with van der Waals surface area (Å²) in [4.78, 5) is 27.1. The second-order valence-electron chi connectivity index (χ2n) is 5.16. The van der Waals surface area contributed by atoms with Gasteiger partial charge in [0.25, 0.3) is 0 Å². The molecule has 6 nitrogen and oxygen atoms in total. The van der Waals surface area contributed by atoms with Gasteiger partial charge in [0, 0.05) is 39.0 Å². The van der Waals surface area contributed by atoms with Gasteiger partial charge in [-0.05, 0) is 26.2 Å². The minimum Gasteiger partial charge on any atom is -0.360 e. The predicted octanol–water partition coefficient (Wildman–Crippen LogP) is 1.74. The van der Waals surface area contributed by atoms with Crippen molar-refractivity contribution in [3.05, 3.63) is 11.8 Å². The van der Waals surface area contributed by atoms with E-state index in [0.717, 1.165) is 25.9 Å². The molecule has 20 heavy (non-hydrogen) atoms. The molecule has 1 saturated heterocycles. The average Bonchev–Trinajstić information content (AvgIpc) is 2.86. The molecule has 0 aromatic carbocycles. The molecule has 1 aromatic rings. The Bertz CT molecular complexity index is 478. The maximum Gasteiger partial charge on any atom is 0.225 e. The van der Waals surface area contributed by atoms with Gasteiger partial charge < -0.3 is 9.42 Å². The summed E-state index contributed by atoms with van der Waals surface area (Å²) in [5.41, 5.74) is 0. The van der Waals surface area contributed by atoms with Crippen LogP contribution in [0, 0.1) is 6.92 Å². The quantitative estimate of drug-likeness (QED) is 0.842. The molecule has 2 amide bonds. The zero-order valence-electron chi connectivity index (χ0n) is 12.1. The molecule has 6 heteroatoms. The lowest BCUT2D eigenvalue weighted by atomic mass is 10.1. The number of piperidine rings is 1. The van der Waals surface area contributed by atoms with Crippen molar-refractivity contribution in [3.8, 4) is 0 Å². The zero-order valence-corrected chi connectivity index (χ0v) is 12.1. The summed E-state index contributed by atoms with van der Waals surface area (Å²) in [6, 6.07) is 1.70. The van der Waals surface area contributed by atoms with Gasteiger partial charge in [-0.2, -0.15) is 0 Å². The van der Waals surface area contributed by atoms with Crippen LogP contribution in [0.2, 0.25) is 0 Å². The molecule has 2 heterocycles. The Morgan fingerprint density at radius 1 is 1.35 bits per heavy atom. The molecule has 1 aromatic heterocycles. The maximum absolute atomic E-state index is 12.1. The Hall–Kier alpha value is -1.85. The van der Waals surface area contributed by atoms with Crippen molar-refractivity contribution in [3.63, 3.8) is 0 Å². The molecular formula is C14H21N3O3. The number of hydrogen-bond donors (Lipinski definition) is 0. The van der Waals surface area contributed by atoms with Crippen LogP contribution in [0.25, 0.3) is 0 Å². The molecule has 0 aliphatic carbocycles. The van der Waals surface area contributed by atoms with Gasteiger partial charge in [0.1, 0.15) is 5.76 Å². The Kier molecular flexibility index (Phi) is 4.76. The highest BCUT2D eigenvalue weighted by molar-refractivity contribution is 5.91. The standard InChI is InChI=1S/C14H21N3O3/c1-11-10-13(15-20-11)17(12(2)18)9-6-14(19)16-7-4-3-5-8-16/h10H,3-9H2,1-2H3. The van der Waals surface area contributed by atoms with Crippen LogP contribution in [0.5, 0.6) is 0 Å². The van der Waals surface area contributed by atoms with Gasteiger partial charge in [-0.1, -0.05) is 5.16 Å². The fraction of sp³-hybridized carbons (Fsp3) is 0.643. The SMILES string of the molecule is CC(=O)N(CCC(=O)N1CCCCC1)c1cc(C)on1. The monoisotopic (exact) mass is 279 g/mol. The highest BCUT2D eigenvalue weighted by Crippen LogP contribution is 2.15. The van der Waals surface area contributed by atoms with E-state index >= 15 is 0 Å². The summed E-state index contributed by atoms with van der Waals surface area (Å²) in [7, 11) is 0. The van der Waals surface area contributed by atoms with Gasteiger partial charge in [0.05, 0.1) is 0 Å². The first-order valence-corrected chi connectivity index (χ1v) is 7.07. The van der Waals surface area contributed by atoms with E-state index < -0.39 is 0 Å². The Morgan fingerprint density at radius 3 is 2.60 bits per heavy atom. The number of anilines is 1. The van der Waals surface area contributed by atoms with Crippen molar-refractivity contribution in [2.45, 2.75) is 39.5 Å². The predicted molar refractivity (Wildman–Crippen MR) is 74.3 cm³/mol. The van der Waals surface area contributed by atoms with Gasteiger partial charge in [0.15, 0.2) is 5.82 Å². The second-order valence-corrected chi connectivity index (χ2v) is 5.16. The van der Waals surface area contributed by atoms with Crippen molar-refractivity contribution in [2.75, 3.05) is 24.5 Å². The fourth-order valence-electron chi connectivity index (χ4n) is 2.42. The van der Waals surface area contributed by atoms with Gasteiger partial charge in [-0.3, -0.25) is 14.5 Å². The first-order valence-electron chi connectivity index (χ1n) is 7.07. The Balaban J connectivity index is 1.92. The van der Waals surface area contributed by atoms with Crippen LogP contribution in [0.1, 0.15) is 38.4 Å². The van der Waals surface area contributed by atoms with Crippen molar-refractivity contribution in [1.29, 1.82) is 0 Å². The van der Waals surface area contributed by atoms with Crippen molar-refractivity contribution in [2.24, 2.45) is 0 Å². The number of likely N-dealkylation sites (tertiary alicyclic amines) is 1. The van der Waals surface area contributed by atoms with Crippen LogP contribution in [0.3, 0.4) is 0 Å². The van der Waals surface area contributed by atoms with Crippen LogP contribution < -0.4 is 4.90 Å². The number of carbonyl (C=O) groups is 2. The molecule has 0 saturated carbocycles. The largest absolute Gasteiger partial charge is 0.360 e. The molecule has 1 fully saturated rings. The van der Waals surface area contributed by atoms with Crippen LogP contribution in [0.15, 0.2) is 10.6 Å². The van der Waals surface area contributed by atoms with E-state index in [1.54, 1.807) is 13.0 Å². The molecule has 1 aliphatic rings. The summed E-state index contributed by atoms with van der Waals surface area (Å²) in [5, 5.41) is 3.83. The minimum absolute atomic E-state index is 0.108. The van der Waals surface area contributed by atoms with E-state index in [1.165, 1.54) is 18.2 Å². The highest BCUT2D eigenvalue weighted by Gasteiger charge is 2.20. The number of rotatable bonds is 4. The van der Waals surface area contributed by atoms with Gasteiger partial charge in [0.2, 0.25) is 11.8 Å². The van der Waals surface area contributed by atoms with E-state index in [1.807, 2.05) is 4.90 Å². The van der Waals surface area contributed by atoms with Crippen molar-refractivity contribution < 1.29 is 14.1 Å². The number of aromatic nitrogens is 1. The summed E-state index contributed by atoms with van der Waals surface area (Å²) in [6.45, 7) is 5.25. The number of carbonyl (C=O) groups excluding carboxylic acids is 2. The lowest BCUT2D eigenvalue weighted by Crippen LogP contribution is -2.39. The van der Waals surface area contributed by atoms with E-state index in [4.69, 9.17) is 4.52 Å². The van der Waals surface area contributed by atoms with E-state index in [2.05, 4.69) is 5.16 Å². The highest BCUT2D eigenvalue weighted by atomic mass is 16.5. The third kappa shape index (κ3) is 3.59. The van der Waals surface area contributed by atoms with Crippen LogP contribution in [0.4, 0.5) is 5.82 Å². The number of nitrogens with zero attached hydrogens (tertiary/aromatic N) is 3. The lowest BCUT2D eigenvalue weighted by molar-refractivity contribution is -0.131. The van der Waals surface area contributed by atoms with E-state index in [9.17, 15) is 9.59 Å². The molecule has 0 radical (unpaired) electrons. The lowest BCUT2D eigenvalue weighted by Gasteiger charge is -2.27. The normalized spacial score (nSPS) is 15.2. The van der Waals surface area contributed by atoms with Crippen molar-refractivity contribution >= 4 is 17.6 Å². The van der Waals surface area contributed by atoms with Crippen LogP contribution in [-0.2, 0) is 9.59 Å². The van der Waals surface area contributed by atoms with Gasteiger partial charge >= 0.3 is 0 Å². The minimum atomic E-state index is -0.134. The van der Waals surface area contributed by atoms with E-state index in [-0.39, 0.29) is 11.8 Å². The van der Waals surface area contributed by atoms with Crippen LogP contribution >= 0.6 is 0 Å². The second kappa shape index (κ2) is 6.54. The Morgan fingerprint density at radius 2 is 2.05 bits per heavy atom.